The smallest absolute Gasteiger partial charge is 0.404 e. The molecule has 14 heteroatoms. The Bertz CT molecular complexity index is 1430. The number of hydrogen-bond acceptors (Lipinski definition) is 9. The molecule has 1 saturated heterocycles. The molecule has 5 rings (SSSR count). The third kappa shape index (κ3) is 4.48. The molecule has 2 fully saturated rings. The molecule has 1 saturated carbocycles. The van der Waals surface area contributed by atoms with Crippen LogP contribution in [0.15, 0.2) is 18.3 Å². The number of anilines is 4. The summed E-state index contributed by atoms with van der Waals surface area (Å²) >= 11 is 6.72. The monoisotopic (exact) mass is 510 g/mol. The minimum absolute atomic E-state index is 0.122. The van der Waals surface area contributed by atoms with Gasteiger partial charge in [-0.25, -0.2) is 9.78 Å². The van der Waals surface area contributed by atoms with Crippen molar-refractivity contribution >= 4 is 46.5 Å². The molecule has 2 aromatic heterocycles. The van der Waals surface area contributed by atoms with Gasteiger partial charge in [0.2, 0.25) is 5.95 Å². The van der Waals surface area contributed by atoms with Crippen LogP contribution in [0.2, 0.25) is 5.02 Å². The number of carboxylic acid groups (broad SMARTS) is 1. The first kappa shape index (κ1) is 23.4. The topological polar surface area (TPSA) is 167 Å². The molecule has 1 aliphatic carbocycles. The molecule has 4 N–H and O–H groups in total. The second-order valence-electron chi connectivity index (χ2n) is 8.66. The largest absolute Gasteiger partial charge is 0.465 e. The van der Waals surface area contributed by atoms with Crippen LogP contribution in [-0.4, -0.2) is 62.6 Å². The van der Waals surface area contributed by atoms with Crippen molar-refractivity contribution in [3.63, 3.8) is 0 Å². The van der Waals surface area contributed by atoms with Gasteiger partial charge in [0.1, 0.15) is 6.07 Å². The van der Waals surface area contributed by atoms with Crippen molar-refractivity contribution in [1.82, 2.24) is 24.9 Å². The van der Waals surface area contributed by atoms with Crippen molar-refractivity contribution in [2.75, 3.05) is 35.3 Å². The first-order valence-corrected chi connectivity index (χ1v) is 11.5. The van der Waals surface area contributed by atoms with Crippen LogP contribution in [0.4, 0.5) is 32.3 Å². The second kappa shape index (κ2) is 9.36. The summed E-state index contributed by atoms with van der Waals surface area (Å²) in [7, 11) is 0. The van der Waals surface area contributed by atoms with E-state index in [0.717, 1.165) is 12.8 Å². The molecule has 3 heterocycles. The van der Waals surface area contributed by atoms with Crippen molar-refractivity contribution in [2.45, 2.75) is 24.9 Å². The van der Waals surface area contributed by atoms with Gasteiger partial charge in [0.15, 0.2) is 17.2 Å². The Morgan fingerprint density at radius 2 is 2.08 bits per heavy atom. The maximum Gasteiger partial charge on any atom is 0.404 e. The molecule has 36 heavy (non-hydrogen) atoms. The Morgan fingerprint density at radius 3 is 2.75 bits per heavy atom. The highest BCUT2D eigenvalue weighted by Gasteiger charge is 2.35. The van der Waals surface area contributed by atoms with E-state index in [1.54, 1.807) is 11.0 Å². The number of imidazole rings is 1. The zero-order valence-electron chi connectivity index (χ0n) is 18.7. The molecular formula is C22H20ClFN10O2. The number of nitrogens with one attached hydrogen (secondary N) is 3. The van der Waals surface area contributed by atoms with Crippen molar-refractivity contribution in [1.29, 1.82) is 10.5 Å². The minimum Gasteiger partial charge on any atom is -0.465 e. The molecule has 1 aromatic carbocycles. The van der Waals surface area contributed by atoms with E-state index < -0.39 is 24.7 Å². The van der Waals surface area contributed by atoms with Crippen LogP contribution in [0.3, 0.4) is 0 Å². The van der Waals surface area contributed by atoms with Crippen molar-refractivity contribution in [2.24, 2.45) is 5.92 Å². The summed E-state index contributed by atoms with van der Waals surface area (Å²) in [5, 5.41) is 41.4. The van der Waals surface area contributed by atoms with Gasteiger partial charge >= 0.3 is 6.09 Å². The Balaban J connectivity index is 1.51. The Kier molecular flexibility index (Phi) is 6.08. The lowest BCUT2D eigenvalue weighted by Crippen LogP contribution is -2.40. The predicted octanol–water partition coefficient (Wildman–Crippen LogP) is 2.88. The second-order valence-corrected chi connectivity index (χ2v) is 9.04. The number of aromatic nitrogens is 4. The zero-order chi connectivity index (χ0) is 25.4. The summed E-state index contributed by atoms with van der Waals surface area (Å²) in [6.07, 6.45) is 2.16. The van der Waals surface area contributed by atoms with Gasteiger partial charge in [-0.3, -0.25) is 4.39 Å². The number of halogens is 2. The van der Waals surface area contributed by atoms with Gasteiger partial charge in [-0.2, -0.15) is 20.0 Å². The SMILES string of the molecule is N#Cc1cc(Nc2nc(NC3CC3)c3ncc(C#N)n3n2)c(Cl)c(N2C[C@@H](CF)[C@@H](NC(=O)O)C2)c1. The highest BCUT2D eigenvalue weighted by atomic mass is 35.5. The normalized spacial score (nSPS) is 19.1. The highest BCUT2D eigenvalue weighted by Crippen LogP contribution is 2.38. The standard InChI is InChI=1S/C22H20ClFN10O2/c23-18-15(3-11(6-25)4-17(18)33-9-12(5-24)16(10-33)30-22(35)36)29-21-31-19(28-13-1-2-13)20-27-8-14(7-26)34(20)32-21/h3-4,8,12-13,16,30H,1-2,5,9-10H2,(H,35,36)(H2,28,29,31,32)/t12-,16+/m1/s1. The Morgan fingerprint density at radius 1 is 1.28 bits per heavy atom. The van der Waals surface area contributed by atoms with Crippen LogP contribution >= 0.6 is 11.6 Å². The van der Waals surface area contributed by atoms with Gasteiger partial charge < -0.3 is 26.0 Å². The molecule has 2 aliphatic rings. The fourth-order valence-corrected chi connectivity index (χ4v) is 4.47. The highest BCUT2D eigenvalue weighted by molar-refractivity contribution is 6.36. The average Bonchev–Trinajstić information content (AvgIpc) is 3.43. The quantitative estimate of drug-likeness (QED) is 0.371. The number of alkyl halides is 1. The fraction of sp³-hybridized carbons (Fsp3) is 0.364. The summed E-state index contributed by atoms with van der Waals surface area (Å²) in [6, 6.07) is 6.86. The van der Waals surface area contributed by atoms with E-state index in [0.29, 0.717) is 22.8 Å². The lowest BCUT2D eigenvalue weighted by Gasteiger charge is -2.22. The third-order valence-electron chi connectivity index (χ3n) is 6.11. The van der Waals surface area contributed by atoms with Crippen LogP contribution in [0.25, 0.3) is 5.65 Å². The third-order valence-corrected chi connectivity index (χ3v) is 6.51. The number of carbonyl (C=O) groups is 1. The summed E-state index contributed by atoms with van der Waals surface area (Å²) in [6.45, 7) is -0.305. The Labute approximate surface area is 209 Å². The van der Waals surface area contributed by atoms with E-state index in [-0.39, 0.29) is 41.4 Å². The molecule has 0 radical (unpaired) electrons. The molecule has 1 amide bonds. The van der Waals surface area contributed by atoms with Crippen LogP contribution in [0.5, 0.6) is 0 Å². The molecular weight excluding hydrogens is 491 g/mol. The van der Waals surface area contributed by atoms with Crippen LogP contribution in [0.1, 0.15) is 24.1 Å². The van der Waals surface area contributed by atoms with Crippen LogP contribution < -0.4 is 20.9 Å². The van der Waals surface area contributed by atoms with E-state index in [4.69, 9.17) is 16.7 Å². The van der Waals surface area contributed by atoms with Gasteiger partial charge in [0.25, 0.3) is 0 Å². The minimum atomic E-state index is -1.24. The maximum absolute atomic E-state index is 13.6. The van der Waals surface area contributed by atoms with Gasteiger partial charge in [0.05, 0.1) is 46.9 Å². The van der Waals surface area contributed by atoms with Gasteiger partial charge in [-0.05, 0) is 25.0 Å². The number of rotatable bonds is 7. The molecule has 1 aliphatic heterocycles. The number of fused-ring (bicyclic) bond motifs is 1. The number of hydrogen-bond donors (Lipinski definition) is 4. The molecule has 12 nitrogen and oxygen atoms in total. The molecule has 0 spiro atoms. The summed E-state index contributed by atoms with van der Waals surface area (Å²) in [5.74, 6) is 0.0144. The average molecular weight is 511 g/mol. The fourth-order valence-electron chi connectivity index (χ4n) is 4.19. The molecule has 3 aromatic rings. The molecule has 184 valence electrons. The number of amides is 1. The summed E-state index contributed by atoms with van der Waals surface area (Å²) in [4.78, 5) is 21.6. The van der Waals surface area contributed by atoms with E-state index in [9.17, 15) is 19.7 Å². The lowest BCUT2D eigenvalue weighted by atomic mass is 10.1. The zero-order valence-corrected chi connectivity index (χ0v) is 19.5. The number of nitriles is 2. The molecule has 0 bridgehead atoms. The van der Waals surface area contributed by atoms with E-state index in [1.165, 1.54) is 16.8 Å². The molecule has 0 unspecified atom stereocenters. The van der Waals surface area contributed by atoms with Gasteiger partial charge in [-0.1, -0.05) is 11.6 Å². The predicted molar refractivity (Wildman–Crippen MR) is 128 cm³/mol. The van der Waals surface area contributed by atoms with Gasteiger partial charge in [0, 0.05) is 25.0 Å². The first-order chi connectivity index (χ1) is 17.4. The Hall–Kier alpha value is -4.36. The van der Waals surface area contributed by atoms with Crippen molar-refractivity contribution in [3.05, 3.63) is 34.6 Å². The number of benzene rings is 1. The first-order valence-electron chi connectivity index (χ1n) is 11.1. The van der Waals surface area contributed by atoms with Crippen molar-refractivity contribution in [3.8, 4) is 12.1 Å². The summed E-state index contributed by atoms with van der Waals surface area (Å²) in [5.41, 5.74) is 1.68. The summed E-state index contributed by atoms with van der Waals surface area (Å²) < 4.78 is 15.0. The van der Waals surface area contributed by atoms with E-state index in [2.05, 4.69) is 37.1 Å². The van der Waals surface area contributed by atoms with E-state index in [1.807, 2.05) is 6.07 Å². The number of nitrogens with zero attached hydrogens (tertiary/aromatic N) is 7. The van der Waals surface area contributed by atoms with Crippen LogP contribution in [-0.2, 0) is 0 Å². The lowest BCUT2D eigenvalue weighted by molar-refractivity contribution is 0.186. The van der Waals surface area contributed by atoms with Crippen molar-refractivity contribution < 1.29 is 14.3 Å². The van der Waals surface area contributed by atoms with E-state index >= 15 is 0 Å². The van der Waals surface area contributed by atoms with Crippen LogP contribution in [0, 0.1) is 28.6 Å². The van der Waals surface area contributed by atoms with Gasteiger partial charge in [-0.15, -0.1) is 5.10 Å². The maximum atomic E-state index is 13.6. The molecule has 2 atom stereocenters.